The van der Waals surface area contributed by atoms with E-state index in [4.69, 9.17) is 0 Å². The zero-order chi connectivity index (χ0) is 40.2. The number of rotatable bonds is 45. The van der Waals surface area contributed by atoms with Gasteiger partial charge in [0.05, 0.1) is 0 Å². The average Bonchev–Trinajstić information content (AvgIpc) is 3.17. The van der Waals surface area contributed by atoms with E-state index in [1.807, 2.05) is 0 Å². The van der Waals surface area contributed by atoms with Gasteiger partial charge in [0.1, 0.15) is 30.9 Å². The monoisotopic (exact) mass is 793 g/mol. The predicted octanol–water partition coefficient (Wildman–Crippen LogP) is 17.5. The van der Waals surface area contributed by atoms with Crippen LogP contribution in [0.4, 0.5) is 0 Å². The van der Waals surface area contributed by atoms with Crippen molar-refractivity contribution in [2.75, 3.05) is 12.3 Å². The lowest BCUT2D eigenvalue weighted by Gasteiger charge is -2.26. The Morgan fingerprint density at radius 3 is 0.745 bits per heavy atom. The van der Waals surface area contributed by atoms with Gasteiger partial charge in [-0.15, -0.1) is 0 Å². The zero-order valence-corrected chi connectivity index (χ0v) is 38.4. The fourth-order valence-corrected chi connectivity index (χ4v) is 8.31. The molecule has 0 radical (unpaired) electrons. The zero-order valence-electron chi connectivity index (χ0n) is 37.6. The van der Waals surface area contributed by atoms with Crippen LogP contribution < -0.4 is 0 Å². The van der Waals surface area contributed by atoms with Crippen LogP contribution in [0.5, 0.6) is 0 Å². The highest BCUT2D eigenvalue weighted by Gasteiger charge is 2.22. The summed E-state index contributed by atoms with van der Waals surface area (Å²) in [6.45, 7) is 7.18. The molecule has 0 aliphatic carbocycles. The summed E-state index contributed by atoms with van der Waals surface area (Å²) in [7, 11) is -4.05. The van der Waals surface area contributed by atoms with Gasteiger partial charge in [0.25, 0.3) is 10.1 Å². The maximum atomic E-state index is 12.0. The SMILES string of the molecule is CCCCCCCCCCCCCC/C=C/[N+](/C=C/CCCCCCCCCCCCCC)(/C=C/CCCCCCCCCCCCCC)CCS(=O)(=O)O. The van der Waals surface area contributed by atoms with Gasteiger partial charge >= 0.3 is 0 Å². The Bertz CT molecular complexity index is 863. The maximum absolute atomic E-state index is 12.0. The topological polar surface area (TPSA) is 54.4 Å². The van der Waals surface area contributed by atoms with Gasteiger partial charge in [0, 0.05) is 0 Å². The third-order valence-corrected chi connectivity index (χ3v) is 12.3. The molecule has 0 aliphatic rings. The van der Waals surface area contributed by atoms with Gasteiger partial charge in [-0.05, 0) is 56.8 Å². The Hall–Kier alpha value is -0.910. The second-order valence-electron chi connectivity index (χ2n) is 17.2. The first kappa shape index (κ1) is 54.1. The van der Waals surface area contributed by atoms with E-state index in [0.717, 1.165) is 19.3 Å². The Kier molecular flexibility index (Phi) is 42.0. The van der Waals surface area contributed by atoms with E-state index < -0.39 is 10.1 Å². The molecule has 0 amide bonds. The van der Waals surface area contributed by atoms with Gasteiger partial charge in [-0.25, -0.2) is 4.48 Å². The quantitative estimate of drug-likeness (QED) is 0.0380. The summed E-state index contributed by atoms with van der Waals surface area (Å²) in [4.78, 5) is 0. The van der Waals surface area contributed by atoms with Gasteiger partial charge in [-0.1, -0.05) is 233 Å². The molecule has 0 aromatic rings. The first-order chi connectivity index (χ1) is 26.9. The molecule has 0 spiro atoms. The molecule has 0 aliphatic heterocycles. The largest absolute Gasteiger partial charge is 0.285 e. The molecule has 1 N–H and O–H groups in total. The van der Waals surface area contributed by atoms with Crippen LogP contribution in [-0.4, -0.2) is 29.8 Å². The van der Waals surface area contributed by atoms with Crippen LogP contribution in [0.15, 0.2) is 36.8 Å². The van der Waals surface area contributed by atoms with Crippen LogP contribution in [0.1, 0.15) is 271 Å². The number of unbranched alkanes of at least 4 members (excludes halogenated alkanes) is 36. The van der Waals surface area contributed by atoms with Crippen molar-refractivity contribution in [2.24, 2.45) is 0 Å². The van der Waals surface area contributed by atoms with Crippen LogP contribution in [0.3, 0.4) is 0 Å². The minimum Gasteiger partial charge on any atom is -0.285 e. The number of hydrogen-bond donors (Lipinski definition) is 1. The Morgan fingerprint density at radius 1 is 0.345 bits per heavy atom. The standard InChI is InChI=1S/C50H97NO3S/c1-4-7-10-13-16-19-22-25-28-31-34-37-40-43-46-51(49-50-55(52,53)54,47-44-41-38-35-32-29-26-23-20-17-14-11-8-5-2)48-45-42-39-36-33-30-27-24-21-18-15-12-9-6-3/h43-48H,4-42,49-50H2,1-3H3/p+1/b46-43+,47-44+,48-45+. The van der Waals surface area contributed by atoms with E-state index in [-0.39, 0.29) is 5.75 Å². The lowest BCUT2D eigenvalue weighted by molar-refractivity contribution is -0.770. The third kappa shape index (κ3) is 42.5. The fourth-order valence-electron chi connectivity index (χ4n) is 7.77. The predicted molar refractivity (Wildman–Crippen MR) is 246 cm³/mol. The second kappa shape index (κ2) is 42.7. The van der Waals surface area contributed by atoms with Crippen molar-refractivity contribution in [1.29, 1.82) is 0 Å². The molecule has 0 rings (SSSR count). The number of quaternary nitrogens is 1. The molecule has 5 heteroatoms. The minimum atomic E-state index is -4.05. The Labute approximate surface area is 346 Å². The van der Waals surface area contributed by atoms with Gasteiger partial charge in [-0.2, -0.15) is 8.42 Å². The van der Waals surface area contributed by atoms with Gasteiger partial charge < -0.3 is 0 Å². The van der Waals surface area contributed by atoms with Crippen LogP contribution in [0, 0.1) is 0 Å². The summed E-state index contributed by atoms with van der Waals surface area (Å²) in [5.41, 5.74) is 0. The number of allylic oxidation sites excluding steroid dienone is 3. The fraction of sp³-hybridized carbons (Fsp3) is 0.880. The van der Waals surface area contributed by atoms with Crippen LogP contribution in [0.2, 0.25) is 0 Å². The van der Waals surface area contributed by atoms with Crippen molar-refractivity contribution in [3.8, 4) is 0 Å². The number of hydrogen-bond acceptors (Lipinski definition) is 2. The smallest absolute Gasteiger partial charge is 0.270 e. The molecule has 55 heavy (non-hydrogen) atoms. The van der Waals surface area contributed by atoms with Gasteiger partial charge in [0.2, 0.25) is 0 Å². The molecule has 0 aromatic heterocycles. The molecule has 4 nitrogen and oxygen atoms in total. The van der Waals surface area contributed by atoms with Crippen molar-refractivity contribution in [2.45, 2.75) is 271 Å². The maximum Gasteiger partial charge on any atom is 0.270 e. The van der Waals surface area contributed by atoms with Crippen molar-refractivity contribution in [1.82, 2.24) is 0 Å². The molecule has 0 fully saturated rings. The first-order valence-electron chi connectivity index (χ1n) is 24.7. The summed E-state index contributed by atoms with van der Waals surface area (Å²) >= 11 is 0. The second-order valence-corrected chi connectivity index (χ2v) is 18.8. The summed E-state index contributed by atoms with van der Waals surface area (Å²) in [5.74, 6) is -0.234. The molecular weight excluding hydrogens is 695 g/mol. The van der Waals surface area contributed by atoms with E-state index in [1.54, 1.807) is 0 Å². The van der Waals surface area contributed by atoms with Crippen LogP contribution in [-0.2, 0) is 10.1 Å². The normalized spacial score (nSPS) is 12.7. The molecule has 0 bridgehead atoms. The highest BCUT2D eigenvalue weighted by Crippen LogP contribution is 2.19. The summed E-state index contributed by atoms with van der Waals surface area (Å²) in [6.07, 6.45) is 65.0. The molecule has 0 heterocycles. The molecule has 0 unspecified atom stereocenters. The third-order valence-electron chi connectivity index (χ3n) is 11.6. The van der Waals surface area contributed by atoms with E-state index in [2.05, 4.69) is 57.6 Å². The molecule has 326 valence electrons. The molecule has 0 aromatic carbocycles. The van der Waals surface area contributed by atoms with Crippen molar-refractivity contribution < 1.29 is 17.5 Å². The van der Waals surface area contributed by atoms with Crippen molar-refractivity contribution in [3.63, 3.8) is 0 Å². The lowest BCUT2D eigenvalue weighted by atomic mass is 10.0. The van der Waals surface area contributed by atoms with Crippen molar-refractivity contribution >= 4 is 10.1 Å². The lowest BCUT2D eigenvalue weighted by Crippen LogP contribution is -2.35. The number of nitrogens with zero attached hydrogens (tertiary/aromatic N) is 1. The molecule has 0 saturated carbocycles. The Morgan fingerprint density at radius 2 is 0.545 bits per heavy atom. The average molecular weight is 793 g/mol. The summed E-state index contributed by atoms with van der Waals surface area (Å²) in [5, 5.41) is 0. The van der Waals surface area contributed by atoms with Gasteiger partial charge in [0.15, 0.2) is 0 Å². The Balaban J connectivity index is 4.91. The van der Waals surface area contributed by atoms with Crippen molar-refractivity contribution in [3.05, 3.63) is 36.8 Å². The van der Waals surface area contributed by atoms with E-state index in [9.17, 15) is 13.0 Å². The first-order valence-corrected chi connectivity index (χ1v) is 26.4. The summed E-state index contributed by atoms with van der Waals surface area (Å²) in [6, 6.07) is 0. The minimum absolute atomic E-state index is 0.234. The van der Waals surface area contributed by atoms with E-state index >= 15 is 0 Å². The summed E-state index contributed by atoms with van der Waals surface area (Å²) < 4.78 is 34.0. The highest BCUT2D eigenvalue weighted by atomic mass is 32.2. The van der Waals surface area contributed by atoms with Crippen LogP contribution >= 0.6 is 0 Å². The van der Waals surface area contributed by atoms with Crippen LogP contribution in [0.25, 0.3) is 0 Å². The molecule has 0 atom stereocenters. The highest BCUT2D eigenvalue weighted by molar-refractivity contribution is 7.85. The molecule has 0 saturated heterocycles. The van der Waals surface area contributed by atoms with E-state index in [0.29, 0.717) is 11.0 Å². The van der Waals surface area contributed by atoms with Gasteiger partial charge in [-0.3, -0.25) is 4.55 Å². The molecular formula is C50H98NO3S+. The van der Waals surface area contributed by atoms with E-state index in [1.165, 1.54) is 231 Å².